The van der Waals surface area contributed by atoms with E-state index >= 15 is 0 Å². The van der Waals surface area contributed by atoms with Gasteiger partial charge in [-0.25, -0.2) is 4.79 Å². The Hall–Kier alpha value is -1.55. The summed E-state index contributed by atoms with van der Waals surface area (Å²) in [6.07, 6.45) is -0.0647. The molecule has 78 valence electrons. The number of carboxylic acids is 1. The first-order valence-corrected chi connectivity index (χ1v) is 4.76. The fourth-order valence-electron chi connectivity index (χ4n) is 1.39. The Labute approximate surface area is 91.1 Å². The van der Waals surface area contributed by atoms with Crippen molar-refractivity contribution < 1.29 is 14.7 Å². The number of nitrogens with zero attached hydrogens (tertiary/aromatic N) is 1. The lowest BCUT2D eigenvalue weighted by atomic mass is 10.0. The molecule has 0 saturated carbocycles. The minimum absolute atomic E-state index is 0.0416. The fourth-order valence-corrected chi connectivity index (χ4v) is 1.59. The van der Waals surface area contributed by atoms with E-state index in [0.29, 0.717) is 5.02 Å². The van der Waals surface area contributed by atoms with E-state index in [1.54, 1.807) is 18.2 Å². The zero-order valence-corrected chi connectivity index (χ0v) is 8.44. The average molecular weight is 226 g/mol. The quantitative estimate of drug-likeness (QED) is 0.840. The van der Waals surface area contributed by atoms with Crippen molar-refractivity contribution >= 4 is 23.3 Å². The third-order valence-corrected chi connectivity index (χ3v) is 2.37. The molecule has 1 N–H and O–H groups in total. The first-order chi connectivity index (χ1) is 7.16. The largest absolute Gasteiger partial charge is 0.477 e. The van der Waals surface area contributed by atoms with E-state index in [9.17, 15) is 4.79 Å². The molecule has 5 heteroatoms. The van der Waals surface area contributed by atoms with Crippen molar-refractivity contribution in [1.82, 2.24) is 0 Å². The van der Waals surface area contributed by atoms with Gasteiger partial charge in [-0.1, -0.05) is 28.9 Å². The van der Waals surface area contributed by atoms with E-state index in [-0.39, 0.29) is 18.2 Å². The molecule has 0 radical (unpaired) electrons. The molecule has 0 fully saturated rings. The molecule has 0 unspecified atom stereocenters. The van der Waals surface area contributed by atoms with Gasteiger partial charge in [0, 0.05) is 11.4 Å². The van der Waals surface area contributed by atoms with Gasteiger partial charge in [-0.2, -0.15) is 0 Å². The van der Waals surface area contributed by atoms with Crippen LogP contribution in [0.4, 0.5) is 0 Å². The highest BCUT2D eigenvalue weighted by atomic mass is 35.5. The first kappa shape index (κ1) is 9.98. The molecule has 0 bridgehead atoms. The summed E-state index contributed by atoms with van der Waals surface area (Å²) in [7, 11) is 0. The Kier molecular flexibility index (Phi) is 2.60. The molecule has 0 amide bonds. The summed E-state index contributed by atoms with van der Waals surface area (Å²) in [5, 5.41) is 12.8. The molecule has 4 nitrogen and oxygen atoms in total. The van der Waals surface area contributed by atoms with Crippen molar-refractivity contribution in [3.63, 3.8) is 0 Å². The van der Waals surface area contributed by atoms with Gasteiger partial charge in [0.1, 0.15) is 0 Å². The maximum absolute atomic E-state index is 10.6. The topological polar surface area (TPSA) is 58.9 Å². The summed E-state index contributed by atoms with van der Waals surface area (Å²) in [5.41, 5.74) is 0.877. The fraction of sp³-hybridized carbons (Fsp3) is 0.200. The third kappa shape index (κ3) is 2.10. The summed E-state index contributed by atoms with van der Waals surface area (Å²) in [4.78, 5) is 15.6. The number of hydrogen-bond donors (Lipinski definition) is 1. The molecule has 2 rings (SSSR count). The lowest BCUT2D eigenvalue weighted by molar-refractivity contribution is -0.129. The van der Waals surface area contributed by atoms with Crippen LogP contribution in [0.5, 0.6) is 0 Å². The lowest BCUT2D eigenvalue weighted by Gasteiger charge is -2.07. The molecule has 1 heterocycles. The highest BCUT2D eigenvalue weighted by Crippen LogP contribution is 2.28. The Bertz CT molecular complexity index is 430. The molecular weight excluding hydrogens is 218 g/mol. The predicted molar refractivity (Wildman–Crippen MR) is 55.0 cm³/mol. The zero-order valence-electron chi connectivity index (χ0n) is 7.68. The van der Waals surface area contributed by atoms with Crippen LogP contribution >= 0.6 is 11.6 Å². The van der Waals surface area contributed by atoms with E-state index in [1.165, 1.54) is 0 Å². The number of benzene rings is 1. The molecule has 0 aliphatic carbocycles. The van der Waals surface area contributed by atoms with Gasteiger partial charge in [0.05, 0.1) is 0 Å². The molecule has 1 atom stereocenters. The number of hydrogen-bond acceptors (Lipinski definition) is 3. The van der Waals surface area contributed by atoms with Crippen molar-refractivity contribution in [3.05, 3.63) is 34.9 Å². The van der Waals surface area contributed by atoms with Crippen molar-refractivity contribution in [2.24, 2.45) is 5.16 Å². The Morgan fingerprint density at radius 2 is 2.40 bits per heavy atom. The molecule has 0 saturated heterocycles. The summed E-state index contributed by atoms with van der Waals surface area (Å²) in [5.74, 6) is -1.04. The number of oxime groups is 1. The molecule has 0 aromatic heterocycles. The van der Waals surface area contributed by atoms with E-state index in [2.05, 4.69) is 5.16 Å². The van der Waals surface area contributed by atoms with Gasteiger partial charge in [0.25, 0.3) is 0 Å². The number of halogens is 1. The van der Waals surface area contributed by atoms with Crippen LogP contribution in [-0.2, 0) is 9.63 Å². The van der Waals surface area contributed by atoms with Crippen molar-refractivity contribution in [2.75, 3.05) is 0 Å². The second kappa shape index (κ2) is 3.90. The van der Waals surface area contributed by atoms with E-state index in [4.69, 9.17) is 21.5 Å². The summed E-state index contributed by atoms with van der Waals surface area (Å²) in [6, 6.07) is 7.11. The zero-order chi connectivity index (χ0) is 10.8. The molecular formula is C10H8ClNO3. The smallest absolute Gasteiger partial charge is 0.353 e. The average Bonchev–Trinajstić information content (AvgIpc) is 2.66. The van der Waals surface area contributed by atoms with Gasteiger partial charge in [0.15, 0.2) is 11.8 Å². The normalized spacial score (nSPS) is 19.5. The molecule has 15 heavy (non-hydrogen) atoms. The second-order valence-electron chi connectivity index (χ2n) is 3.20. The Morgan fingerprint density at radius 3 is 3.00 bits per heavy atom. The van der Waals surface area contributed by atoms with Crippen LogP contribution in [0.3, 0.4) is 0 Å². The van der Waals surface area contributed by atoms with E-state index in [1.807, 2.05) is 6.07 Å². The van der Waals surface area contributed by atoms with Crippen LogP contribution in [0, 0.1) is 0 Å². The monoisotopic (exact) mass is 225 g/mol. The van der Waals surface area contributed by atoms with Crippen molar-refractivity contribution in [3.8, 4) is 0 Å². The Morgan fingerprint density at radius 1 is 1.60 bits per heavy atom. The maximum atomic E-state index is 10.6. The van der Waals surface area contributed by atoms with Crippen molar-refractivity contribution in [2.45, 2.75) is 12.5 Å². The SMILES string of the molecule is O=C(O)C1=NO[C@H](c2cccc(Cl)c2)C1. The minimum Gasteiger partial charge on any atom is -0.477 e. The molecule has 1 aliphatic rings. The summed E-state index contributed by atoms with van der Waals surface area (Å²) >= 11 is 5.81. The van der Waals surface area contributed by atoms with Crippen LogP contribution < -0.4 is 0 Å². The Balaban J connectivity index is 2.13. The van der Waals surface area contributed by atoms with Gasteiger partial charge < -0.3 is 9.94 Å². The van der Waals surface area contributed by atoms with Gasteiger partial charge in [-0.15, -0.1) is 0 Å². The molecule has 0 spiro atoms. The number of carboxylic acid groups (broad SMARTS) is 1. The molecule has 1 aromatic rings. The van der Waals surface area contributed by atoms with E-state index < -0.39 is 5.97 Å². The number of carbonyl (C=O) groups is 1. The van der Waals surface area contributed by atoms with Crippen LogP contribution in [0.2, 0.25) is 5.02 Å². The number of rotatable bonds is 2. The van der Waals surface area contributed by atoms with Crippen LogP contribution in [0.15, 0.2) is 29.4 Å². The summed E-state index contributed by atoms with van der Waals surface area (Å²) < 4.78 is 0. The van der Waals surface area contributed by atoms with Crippen LogP contribution in [0.1, 0.15) is 18.1 Å². The molecule has 1 aromatic carbocycles. The lowest BCUT2D eigenvalue weighted by Crippen LogP contribution is -2.11. The molecule has 1 aliphatic heterocycles. The van der Waals surface area contributed by atoms with Gasteiger partial charge in [-0.3, -0.25) is 0 Å². The number of aliphatic carboxylic acids is 1. The van der Waals surface area contributed by atoms with E-state index in [0.717, 1.165) is 5.56 Å². The van der Waals surface area contributed by atoms with Gasteiger partial charge >= 0.3 is 5.97 Å². The van der Waals surface area contributed by atoms with Crippen molar-refractivity contribution in [1.29, 1.82) is 0 Å². The third-order valence-electron chi connectivity index (χ3n) is 2.14. The first-order valence-electron chi connectivity index (χ1n) is 4.38. The van der Waals surface area contributed by atoms with Crippen LogP contribution in [-0.4, -0.2) is 16.8 Å². The van der Waals surface area contributed by atoms with Gasteiger partial charge in [0.2, 0.25) is 0 Å². The predicted octanol–water partition coefficient (Wildman–Crippen LogP) is 2.24. The van der Waals surface area contributed by atoms with Gasteiger partial charge in [-0.05, 0) is 17.7 Å². The minimum atomic E-state index is -1.04. The second-order valence-corrected chi connectivity index (χ2v) is 3.63. The van der Waals surface area contributed by atoms with Crippen LogP contribution in [0.25, 0.3) is 0 Å². The maximum Gasteiger partial charge on any atom is 0.353 e. The highest BCUT2D eigenvalue weighted by Gasteiger charge is 2.26. The standard InChI is InChI=1S/C10H8ClNO3/c11-7-3-1-2-6(4-7)9-5-8(10(13)14)12-15-9/h1-4,9H,5H2,(H,13,14)/t9-/m0/s1. The summed E-state index contributed by atoms with van der Waals surface area (Å²) in [6.45, 7) is 0. The highest BCUT2D eigenvalue weighted by molar-refractivity contribution is 6.35.